The minimum absolute atomic E-state index is 0.0726. The Labute approximate surface area is 97.3 Å². The van der Waals surface area contributed by atoms with E-state index in [1.54, 1.807) is 0 Å². The van der Waals surface area contributed by atoms with Crippen LogP contribution >= 0.6 is 0 Å². The first-order chi connectivity index (χ1) is 8.10. The number of ether oxygens (including phenoxy) is 3. The second-order valence-electron chi connectivity index (χ2n) is 3.54. The number of aliphatic hydroxyl groups excluding tert-OH is 1. The standard InChI is InChI=1S/C11H12O6/c1-15-7-3-5-6(12)4-17-9(5)10(16-2)8(7)11(13)14/h3,6,12H,4H2,1-2H3,(H,13,14). The third-order valence-corrected chi connectivity index (χ3v) is 2.61. The molecule has 1 aliphatic rings. The van der Waals surface area contributed by atoms with Gasteiger partial charge >= 0.3 is 5.97 Å². The Morgan fingerprint density at radius 2 is 2.18 bits per heavy atom. The van der Waals surface area contributed by atoms with Crippen LogP contribution in [0.25, 0.3) is 0 Å². The molecule has 1 aliphatic heterocycles. The Morgan fingerprint density at radius 1 is 1.47 bits per heavy atom. The van der Waals surface area contributed by atoms with Crippen molar-refractivity contribution in [2.45, 2.75) is 6.10 Å². The van der Waals surface area contributed by atoms with E-state index in [9.17, 15) is 9.90 Å². The molecule has 6 heteroatoms. The second-order valence-corrected chi connectivity index (χ2v) is 3.54. The van der Waals surface area contributed by atoms with Crippen molar-refractivity contribution in [2.75, 3.05) is 20.8 Å². The fourth-order valence-electron chi connectivity index (χ4n) is 1.84. The molecule has 0 spiro atoms. The molecule has 92 valence electrons. The first-order valence-electron chi connectivity index (χ1n) is 4.93. The van der Waals surface area contributed by atoms with Gasteiger partial charge in [-0.05, 0) is 6.07 Å². The summed E-state index contributed by atoms with van der Waals surface area (Å²) in [6.07, 6.45) is -0.796. The normalized spacial score (nSPS) is 17.2. The van der Waals surface area contributed by atoms with Crippen molar-refractivity contribution >= 4 is 5.97 Å². The van der Waals surface area contributed by atoms with Crippen LogP contribution in [0.4, 0.5) is 0 Å². The average molecular weight is 240 g/mol. The van der Waals surface area contributed by atoms with E-state index in [0.29, 0.717) is 5.56 Å². The first-order valence-corrected chi connectivity index (χ1v) is 4.93. The van der Waals surface area contributed by atoms with Crippen LogP contribution < -0.4 is 14.2 Å². The minimum atomic E-state index is -1.17. The van der Waals surface area contributed by atoms with E-state index in [1.807, 2.05) is 0 Å². The van der Waals surface area contributed by atoms with Crippen LogP contribution in [0, 0.1) is 0 Å². The molecule has 0 aliphatic carbocycles. The van der Waals surface area contributed by atoms with Crippen LogP contribution in [-0.2, 0) is 0 Å². The molecule has 1 unspecified atom stereocenters. The summed E-state index contributed by atoms with van der Waals surface area (Å²) in [7, 11) is 2.70. The summed E-state index contributed by atoms with van der Waals surface area (Å²) in [4.78, 5) is 11.2. The van der Waals surface area contributed by atoms with Crippen molar-refractivity contribution in [3.63, 3.8) is 0 Å². The Hall–Kier alpha value is -1.95. The van der Waals surface area contributed by atoms with Gasteiger partial charge in [0.05, 0.1) is 14.2 Å². The molecule has 0 amide bonds. The van der Waals surface area contributed by atoms with Gasteiger partial charge < -0.3 is 24.4 Å². The molecule has 0 fully saturated rings. The smallest absolute Gasteiger partial charge is 0.343 e. The molecule has 0 bridgehead atoms. The lowest BCUT2D eigenvalue weighted by molar-refractivity contribution is 0.0689. The maximum absolute atomic E-state index is 11.2. The van der Waals surface area contributed by atoms with Crippen molar-refractivity contribution in [3.05, 3.63) is 17.2 Å². The van der Waals surface area contributed by atoms with Crippen LogP contribution in [0.3, 0.4) is 0 Å². The van der Waals surface area contributed by atoms with E-state index in [0.717, 1.165) is 0 Å². The highest BCUT2D eigenvalue weighted by Crippen LogP contribution is 2.46. The lowest BCUT2D eigenvalue weighted by Gasteiger charge is -2.13. The van der Waals surface area contributed by atoms with Gasteiger partial charge in [-0.1, -0.05) is 0 Å². The molecule has 2 N–H and O–H groups in total. The zero-order valence-corrected chi connectivity index (χ0v) is 9.39. The summed E-state index contributed by atoms with van der Waals surface area (Å²) < 4.78 is 15.3. The van der Waals surface area contributed by atoms with E-state index in [4.69, 9.17) is 19.3 Å². The molecule has 1 aromatic rings. The number of carbonyl (C=O) groups is 1. The Bertz CT molecular complexity index is 468. The highest BCUT2D eigenvalue weighted by molar-refractivity contribution is 5.96. The molecule has 1 atom stereocenters. The molecule has 0 aromatic heterocycles. The van der Waals surface area contributed by atoms with Gasteiger partial charge in [-0.15, -0.1) is 0 Å². The highest BCUT2D eigenvalue weighted by Gasteiger charge is 2.32. The number of carboxylic acids is 1. The second kappa shape index (κ2) is 4.14. The molecule has 17 heavy (non-hydrogen) atoms. The number of rotatable bonds is 3. The Morgan fingerprint density at radius 3 is 2.71 bits per heavy atom. The number of benzene rings is 1. The molecule has 1 heterocycles. The van der Waals surface area contributed by atoms with Crippen molar-refractivity contribution in [2.24, 2.45) is 0 Å². The van der Waals surface area contributed by atoms with Crippen LogP contribution in [0.15, 0.2) is 6.07 Å². The number of aromatic carboxylic acids is 1. The fourth-order valence-corrected chi connectivity index (χ4v) is 1.84. The van der Waals surface area contributed by atoms with Crippen LogP contribution in [0.5, 0.6) is 17.2 Å². The number of hydrogen-bond donors (Lipinski definition) is 2. The Balaban J connectivity index is 2.72. The van der Waals surface area contributed by atoms with Crippen molar-refractivity contribution in [1.82, 2.24) is 0 Å². The van der Waals surface area contributed by atoms with Gasteiger partial charge in [-0.25, -0.2) is 4.79 Å². The monoisotopic (exact) mass is 240 g/mol. The Kier molecular flexibility index (Phi) is 2.81. The molecule has 2 rings (SSSR count). The van der Waals surface area contributed by atoms with E-state index in [-0.39, 0.29) is 29.4 Å². The SMILES string of the molecule is COc1cc2c(c(OC)c1C(=O)O)OCC2O. The largest absolute Gasteiger partial charge is 0.496 e. The summed E-state index contributed by atoms with van der Waals surface area (Å²) in [5, 5.41) is 18.8. The third-order valence-electron chi connectivity index (χ3n) is 2.61. The quantitative estimate of drug-likeness (QED) is 0.813. The van der Waals surface area contributed by atoms with Gasteiger partial charge in [0.1, 0.15) is 24.0 Å². The van der Waals surface area contributed by atoms with E-state index >= 15 is 0 Å². The van der Waals surface area contributed by atoms with Gasteiger partial charge in [0.15, 0.2) is 11.5 Å². The van der Waals surface area contributed by atoms with Gasteiger partial charge in [-0.3, -0.25) is 0 Å². The molecular weight excluding hydrogens is 228 g/mol. The van der Waals surface area contributed by atoms with Crippen LogP contribution in [0.2, 0.25) is 0 Å². The maximum atomic E-state index is 11.2. The molecule has 0 saturated carbocycles. The highest BCUT2D eigenvalue weighted by atomic mass is 16.5. The summed E-state index contributed by atoms with van der Waals surface area (Å²) in [5.41, 5.74) is 0.367. The summed E-state index contributed by atoms with van der Waals surface area (Å²) >= 11 is 0. The number of carboxylic acid groups (broad SMARTS) is 1. The van der Waals surface area contributed by atoms with Crippen molar-refractivity contribution in [1.29, 1.82) is 0 Å². The first kappa shape index (κ1) is 11.5. The molecule has 0 radical (unpaired) electrons. The predicted octanol–water partition coefficient (Wildman–Crippen LogP) is 0.828. The van der Waals surface area contributed by atoms with Crippen LogP contribution in [0.1, 0.15) is 22.0 Å². The van der Waals surface area contributed by atoms with E-state index in [2.05, 4.69) is 0 Å². The predicted molar refractivity (Wildman–Crippen MR) is 57.0 cm³/mol. The fraction of sp³-hybridized carbons (Fsp3) is 0.364. The van der Waals surface area contributed by atoms with Crippen LogP contribution in [-0.4, -0.2) is 37.0 Å². The third kappa shape index (κ3) is 1.66. The molecule has 1 aromatic carbocycles. The summed E-state index contributed by atoms with van der Waals surface area (Å²) in [5.74, 6) is -0.703. The molecule has 6 nitrogen and oxygen atoms in total. The molecular formula is C11H12O6. The zero-order chi connectivity index (χ0) is 12.6. The molecule has 0 saturated heterocycles. The zero-order valence-electron chi connectivity index (χ0n) is 9.39. The number of fused-ring (bicyclic) bond motifs is 1. The van der Waals surface area contributed by atoms with Gasteiger partial charge in [-0.2, -0.15) is 0 Å². The average Bonchev–Trinajstić information content (AvgIpc) is 2.68. The topological polar surface area (TPSA) is 85.2 Å². The van der Waals surface area contributed by atoms with Crippen molar-refractivity contribution in [3.8, 4) is 17.2 Å². The van der Waals surface area contributed by atoms with Gasteiger partial charge in [0, 0.05) is 5.56 Å². The van der Waals surface area contributed by atoms with E-state index in [1.165, 1.54) is 20.3 Å². The van der Waals surface area contributed by atoms with E-state index < -0.39 is 12.1 Å². The number of hydrogen-bond acceptors (Lipinski definition) is 5. The summed E-state index contributed by atoms with van der Waals surface area (Å²) in [6.45, 7) is 0.0813. The lowest BCUT2D eigenvalue weighted by atomic mass is 10.0. The maximum Gasteiger partial charge on any atom is 0.343 e. The number of methoxy groups -OCH3 is 2. The summed E-state index contributed by atoms with van der Waals surface area (Å²) in [6, 6.07) is 1.46. The van der Waals surface area contributed by atoms with Crippen molar-refractivity contribution < 1.29 is 29.2 Å². The minimum Gasteiger partial charge on any atom is -0.496 e. The van der Waals surface area contributed by atoms with Gasteiger partial charge in [0.2, 0.25) is 0 Å². The van der Waals surface area contributed by atoms with Gasteiger partial charge in [0.25, 0.3) is 0 Å². The number of aliphatic hydroxyl groups is 1. The lowest BCUT2D eigenvalue weighted by Crippen LogP contribution is -2.05.